The molecule has 1 fully saturated rings. The number of benzene rings is 1. The van der Waals surface area contributed by atoms with E-state index in [0.717, 1.165) is 4.90 Å². The van der Waals surface area contributed by atoms with Gasteiger partial charge in [-0.05, 0) is 26.3 Å². The zero-order valence-electron chi connectivity index (χ0n) is 14.8. The Bertz CT molecular complexity index is 801. The summed E-state index contributed by atoms with van der Waals surface area (Å²) < 4.78 is 11.0. The number of hydrogen-bond acceptors (Lipinski definition) is 6. The standard InChI is InChI=1S/C18H20N2O6/c1-9(2)26-15-10(8-25-3)4-5-11-14(15)18(24)20(17(11)23)12-6-7-13(21)19-16(12)22/h4-5,9,12H,6-8H2,1-3H3,(H,19,21,22). The van der Waals surface area contributed by atoms with Gasteiger partial charge in [0.25, 0.3) is 11.8 Å². The molecule has 0 spiro atoms. The minimum Gasteiger partial charge on any atom is -0.490 e. The van der Waals surface area contributed by atoms with E-state index in [4.69, 9.17) is 9.47 Å². The second kappa shape index (κ2) is 6.87. The Hall–Kier alpha value is -2.74. The molecule has 0 aromatic heterocycles. The summed E-state index contributed by atoms with van der Waals surface area (Å²) in [6.07, 6.45) is -0.0279. The van der Waals surface area contributed by atoms with E-state index in [2.05, 4.69) is 5.32 Å². The zero-order valence-corrected chi connectivity index (χ0v) is 14.8. The molecule has 1 saturated heterocycles. The van der Waals surface area contributed by atoms with E-state index < -0.39 is 29.7 Å². The molecule has 0 radical (unpaired) electrons. The summed E-state index contributed by atoms with van der Waals surface area (Å²) in [5.74, 6) is -1.90. The van der Waals surface area contributed by atoms with E-state index in [1.165, 1.54) is 7.11 Å². The van der Waals surface area contributed by atoms with Gasteiger partial charge in [0.2, 0.25) is 11.8 Å². The molecule has 0 bridgehead atoms. The molecular weight excluding hydrogens is 340 g/mol. The SMILES string of the molecule is COCc1ccc2c(c1OC(C)C)C(=O)N(C1CCC(=O)NC1=O)C2=O. The van der Waals surface area contributed by atoms with Gasteiger partial charge in [-0.1, -0.05) is 6.07 Å². The van der Waals surface area contributed by atoms with Crippen molar-refractivity contribution in [3.8, 4) is 5.75 Å². The van der Waals surface area contributed by atoms with Gasteiger partial charge < -0.3 is 9.47 Å². The van der Waals surface area contributed by atoms with E-state index in [9.17, 15) is 19.2 Å². The van der Waals surface area contributed by atoms with Crippen LogP contribution >= 0.6 is 0 Å². The number of nitrogens with zero attached hydrogens (tertiary/aromatic N) is 1. The van der Waals surface area contributed by atoms with E-state index in [-0.39, 0.29) is 36.7 Å². The van der Waals surface area contributed by atoms with E-state index >= 15 is 0 Å². The first-order valence-corrected chi connectivity index (χ1v) is 8.38. The first-order chi connectivity index (χ1) is 12.3. The third-order valence-corrected chi connectivity index (χ3v) is 4.30. The summed E-state index contributed by atoms with van der Waals surface area (Å²) in [6, 6.07) is 2.22. The fourth-order valence-corrected chi connectivity index (χ4v) is 3.21. The molecular formula is C18H20N2O6. The number of hydrogen-bond donors (Lipinski definition) is 1. The van der Waals surface area contributed by atoms with Gasteiger partial charge in [-0.25, -0.2) is 0 Å². The van der Waals surface area contributed by atoms with Crippen LogP contribution in [0.1, 0.15) is 53.0 Å². The number of carbonyl (C=O) groups excluding carboxylic acids is 4. The maximum Gasteiger partial charge on any atom is 0.266 e. The molecule has 1 aromatic rings. The third-order valence-electron chi connectivity index (χ3n) is 4.30. The monoisotopic (exact) mass is 360 g/mol. The van der Waals surface area contributed by atoms with Crippen molar-refractivity contribution >= 4 is 23.6 Å². The highest BCUT2D eigenvalue weighted by molar-refractivity contribution is 6.24. The second-order valence-electron chi connectivity index (χ2n) is 6.52. The van der Waals surface area contributed by atoms with Crippen molar-refractivity contribution in [1.82, 2.24) is 10.2 Å². The molecule has 1 atom stereocenters. The van der Waals surface area contributed by atoms with Crippen LogP contribution in [0.4, 0.5) is 0 Å². The Labute approximate surface area is 150 Å². The van der Waals surface area contributed by atoms with Crippen LogP contribution in [0.2, 0.25) is 0 Å². The summed E-state index contributed by atoms with van der Waals surface area (Å²) in [5.41, 5.74) is 0.976. The Kier molecular flexibility index (Phi) is 4.78. The molecule has 3 rings (SSSR count). The molecule has 1 unspecified atom stereocenters. The summed E-state index contributed by atoms with van der Waals surface area (Å²) >= 11 is 0. The molecule has 2 heterocycles. The Morgan fingerprint density at radius 1 is 1.19 bits per heavy atom. The predicted molar refractivity (Wildman–Crippen MR) is 89.6 cm³/mol. The van der Waals surface area contributed by atoms with Crippen LogP contribution in [0.15, 0.2) is 12.1 Å². The van der Waals surface area contributed by atoms with Gasteiger partial charge in [-0.15, -0.1) is 0 Å². The van der Waals surface area contributed by atoms with Crippen LogP contribution in [0.25, 0.3) is 0 Å². The van der Waals surface area contributed by atoms with Crippen LogP contribution < -0.4 is 10.1 Å². The van der Waals surface area contributed by atoms with E-state index in [0.29, 0.717) is 11.3 Å². The van der Waals surface area contributed by atoms with Crippen LogP contribution in [0.5, 0.6) is 5.75 Å². The number of imide groups is 2. The van der Waals surface area contributed by atoms with E-state index in [1.807, 2.05) is 13.8 Å². The number of ether oxygens (including phenoxy) is 2. The predicted octanol–water partition coefficient (Wildman–Crippen LogP) is 1.02. The van der Waals surface area contributed by atoms with Crippen LogP contribution in [-0.2, 0) is 20.9 Å². The van der Waals surface area contributed by atoms with Gasteiger partial charge in [0, 0.05) is 19.1 Å². The zero-order chi connectivity index (χ0) is 19.0. The lowest BCUT2D eigenvalue weighted by Gasteiger charge is -2.27. The summed E-state index contributed by atoms with van der Waals surface area (Å²) in [5, 5.41) is 2.18. The lowest BCUT2D eigenvalue weighted by Crippen LogP contribution is -2.54. The number of piperidine rings is 1. The lowest BCUT2D eigenvalue weighted by atomic mass is 10.0. The largest absolute Gasteiger partial charge is 0.490 e. The van der Waals surface area contributed by atoms with E-state index in [1.54, 1.807) is 12.1 Å². The number of amides is 4. The number of rotatable bonds is 5. The Morgan fingerprint density at radius 2 is 1.92 bits per heavy atom. The molecule has 0 aliphatic carbocycles. The topological polar surface area (TPSA) is 102 Å². The molecule has 2 aliphatic rings. The van der Waals surface area contributed by atoms with Gasteiger partial charge in [-0.2, -0.15) is 0 Å². The van der Waals surface area contributed by atoms with Crippen molar-refractivity contribution in [2.24, 2.45) is 0 Å². The summed E-state index contributed by atoms with van der Waals surface area (Å²) in [7, 11) is 1.52. The van der Waals surface area contributed by atoms with Crippen molar-refractivity contribution < 1.29 is 28.7 Å². The van der Waals surface area contributed by atoms with Gasteiger partial charge in [0.15, 0.2) is 0 Å². The first-order valence-electron chi connectivity index (χ1n) is 8.38. The van der Waals surface area contributed by atoms with Crippen molar-refractivity contribution in [3.05, 3.63) is 28.8 Å². The van der Waals surface area contributed by atoms with Crippen LogP contribution in [0.3, 0.4) is 0 Å². The first kappa shape index (κ1) is 18.1. The van der Waals surface area contributed by atoms with Gasteiger partial charge in [0.05, 0.1) is 23.8 Å². The number of fused-ring (bicyclic) bond motifs is 1. The molecule has 8 nitrogen and oxygen atoms in total. The molecule has 2 aliphatic heterocycles. The highest BCUT2D eigenvalue weighted by Crippen LogP contribution is 2.37. The van der Waals surface area contributed by atoms with Crippen molar-refractivity contribution in [2.45, 2.75) is 45.4 Å². The number of carbonyl (C=O) groups is 4. The molecule has 8 heteroatoms. The van der Waals surface area contributed by atoms with Gasteiger partial charge in [0.1, 0.15) is 11.8 Å². The average Bonchev–Trinajstić information content (AvgIpc) is 2.81. The highest BCUT2D eigenvalue weighted by atomic mass is 16.5. The molecule has 1 aromatic carbocycles. The van der Waals surface area contributed by atoms with Crippen molar-refractivity contribution in [2.75, 3.05) is 7.11 Å². The average molecular weight is 360 g/mol. The quantitative estimate of drug-likeness (QED) is 0.787. The molecule has 138 valence electrons. The van der Waals surface area contributed by atoms with Crippen molar-refractivity contribution in [1.29, 1.82) is 0 Å². The maximum absolute atomic E-state index is 13.0. The van der Waals surface area contributed by atoms with Crippen LogP contribution in [0, 0.1) is 0 Å². The molecule has 1 N–H and O–H groups in total. The highest BCUT2D eigenvalue weighted by Gasteiger charge is 2.46. The minimum atomic E-state index is -1.00. The second-order valence-corrected chi connectivity index (χ2v) is 6.52. The normalized spacial score (nSPS) is 19.8. The molecule has 4 amide bonds. The smallest absolute Gasteiger partial charge is 0.266 e. The Morgan fingerprint density at radius 3 is 2.54 bits per heavy atom. The summed E-state index contributed by atoms with van der Waals surface area (Å²) in [6.45, 7) is 3.85. The third kappa shape index (κ3) is 2.96. The Balaban J connectivity index is 2.04. The van der Waals surface area contributed by atoms with Crippen molar-refractivity contribution in [3.63, 3.8) is 0 Å². The fourth-order valence-electron chi connectivity index (χ4n) is 3.21. The number of nitrogens with one attached hydrogen (secondary N) is 1. The van der Waals surface area contributed by atoms with Crippen LogP contribution in [-0.4, -0.2) is 47.8 Å². The van der Waals surface area contributed by atoms with Gasteiger partial charge >= 0.3 is 0 Å². The number of methoxy groups -OCH3 is 1. The fraction of sp³-hybridized carbons (Fsp3) is 0.444. The molecule has 26 heavy (non-hydrogen) atoms. The minimum absolute atomic E-state index is 0.0775. The van der Waals surface area contributed by atoms with Gasteiger partial charge in [-0.3, -0.25) is 29.4 Å². The lowest BCUT2D eigenvalue weighted by molar-refractivity contribution is -0.136. The maximum atomic E-state index is 13.0. The summed E-state index contributed by atoms with van der Waals surface area (Å²) in [4.78, 5) is 50.2. The molecule has 0 saturated carbocycles.